The summed E-state index contributed by atoms with van der Waals surface area (Å²) in [5.74, 6) is 1.65. The fourth-order valence-electron chi connectivity index (χ4n) is 2.32. The second-order valence-electron chi connectivity index (χ2n) is 5.16. The number of amides is 2. The van der Waals surface area contributed by atoms with Crippen molar-refractivity contribution in [2.75, 3.05) is 33.2 Å². The number of aliphatic hydroxyl groups is 1. The number of carbonyl (C=O) groups excluding carboxylic acids is 1. The number of ether oxygens (including phenoxy) is 3. The summed E-state index contributed by atoms with van der Waals surface area (Å²) >= 11 is 0. The van der Waals surface area contributed by atoms with Gasteiger partial charge in [0.05, 0.1) is 33.1 Å². The molecule has 0 aromatic heterocycles. The predicted octanol–water partition coefficient (Wildman–Crippen LogP) is 2.57. The molecule has 2 aromatic rings. The Hall–Kier alpha value is -2.93. The number of urea groups is 1. The maximum atomic E-state index is 12.1. The van der Waals surface area contributed by atoms with Gasteiger partial charge in [0, 0.05) is 18.2 Å². The van der Waals surface area contributed by atoms with Crippen LogP contribution < -0.4 is 24.8 Å². The van der Waals surface area contributed by atoms with E-state index < -0.39 is 12.1 Å². The third kappa shape index (κ3) is 4.77. The summed E-state index contributed by atoms with van der Waals surface area (Å²) in [6.45, 7) is 0.0263. The second-order valence-corrected chi connectivity index (χ2v) is 5.16. The van der Waals surface area contributed by atoms with Crippen LogP contribution in [0.15, 0.2) is 42.5 Å². The zero-order valence-corrected chi connectivity index (χ0v) is 14.4. The highest BCUT2D eigenvalue weighted by Crippen LogP contribution is 2.29. The van der Waals surface area contributed by atoms with Crippen LogP contribution in [0.3, 0.4) is 0 Å². The van der Waals surface area contributed by atoms with Crippen molar-refractivity contribution in [1.29, 1.82) is 0 Å². The van der Waals surface area contributed by atoms with Crippen LogP contribution in [0.4, 0.5) is 10.5 Å². The van der Waals surface area contributed by atoms with Gasteiger partial charge in [0.15, 0.2) is 0 Å². The van der Waals surface area contributed by atoms with Gasteiger partial charge in [-0.05, 0) is 18.2 Å². The molecule has 0 spiro atoms. The van der Waals surface area contributed by atoms with Crippen LogP contribution in [0.1, 0.15) is 11.7 Å². The number of hydrogen-bond acceptors (Lipinski definition) is 5. The van der Waals surface area contributed by atoms with E-state index in [1.807, 2.05) is 6.07 Å². The lowest BCUT2D eigenvalue weighted by atomic mass is 10.1. The van der Waals surface area contributed by atoms with Gasteiger partial charge in [-0.15, -0.1) is 0 Å². The van der Waals surface area contributed by atoms with Gasteiger partial charge in [0.2, 0.25) is 0 Å². The maximum absolute atomic E-state index is 12.1. The summed E-state index contributed by atoms with van der Waals surface area (Å²) in [4.78, 5) is 12.1. The van der Waals surface area contributed by atoms with E-state index in [4.69, 9.17) is 14.2 Å². The summed E-state index contributed by atoms with van der Waals surface area (Å²) in [6, 6.07) is 11.7. The van der Waals surface area contributed by atoms with Crippen LogP contribution in [-0.4, -0.2) is 39.0 Å². The van der Waals surface area contributed by atoms with E-state index in [-0.39, 0.29) is 6.54 Å². The van der Waals surface area contributed by atoms with Crippen LogP contribution in [0.5, 0.6) is 17.2 Å². The van der Waals surface area contributed by atoms with Crippen LogP contribution >= 0.6 is 0 Å². The number of benzene rings is 2. The minimum Gasteiger partial charge on any atom is -0.497 e. The summed E-state index contributed by atoms with van der Waals surface area (Å²) in [7, 11) is 4.58. The van der Waals surface area contributed by atoms with E-state index in [9.17, 15) is 9.90 Å². The first-order valence-electron chi connectivity index (χ1n) is 7.67. The molecule has 0 aliphatic heterocycles. The van der Waals surface area contributed by atoms with Crippen molar-refractivity contribution < 1.29 is 24.1 Å². The fourth-order valence-corrected chi connectivity index (χ4v) is 2.32. The molecule has 0 unspecified atom stereocenters. The quantitative estimate of drug-likeness (QED) is 0.717. The molecule has 0 saturated heterocycles. The lowest BCUT2D eigenvalue weighted by Crippen LogP contribution is -2.32. The molecule has 1 atom stereocenters. The Morgan fingerprint density at radius 1 is 1.04 bits per heavy atom. The topological polar surface area (TPSA) is 89.1 Å². The molecular weight excluding hydrogens is 324 g/mol. The van der Waals surface area contributed by atoms with Gasteiger partial charge in [-0.1, -0.05) is 18.2 Å². The van der Waals surface area contributed by atoms with Gasteiger partial charge in [-0.25, -0.2) is 4.79 Å². The zero-order chi connectivity index (χ0) is 18.2. The highest BCUT2D eigenvalue weighted by molar-refractivity contribution is 5.91. The summed E-state index contributed by atoms with van der Waals surface area (Å²) in [5, 5.41) is 15.6. The number of nitrogens with one attached hydrogen (secondary N) is 2. The molecule has 0 aliphatic carbocycles. The van der Waals surface area contributed by atoms with E-state index in [1.165, 1.54) is 21.3 Å². The SMILES string of the molecule is COc1ccc(OC)c(NC(=O)NC[C@@H](O)c2ccccc2OC)c1. The molecule has 0 fully saturated rings. The zero-order valence-electron chi connectivity index (χ0n) is 14.4. The van der Waals surface area contributed by atoms with Gasteiger partial charge in [-0.2, -0.15) is 0 Å². The number of aliphatic hydroxyl groups excluding tert-OH is 1. The number of carbonyl (C=O) groups is 1. The molecule has 25 heavy (non-hydrogen) atoms. The van der Waals surface area contributed by atoms with Gasteiger partial charge in [0.1, 0.15) is 17.2 Å². The normalized spacial score (nSPS) is 11.4. The van der Waals surface area contributed by atoms with Gasteiger partial charge >= 0.3 is 6.03 Å². The summed E-state index contributed by atoms with van der Waals surface area (Å²) in [5.41, 5.74) is 1.07. The Bertz CT molecular complexity index is 720. The first-order valence-corrected chi connectivity index (χ1v) is 7.67. The molecule has 0 aliphatic rings. The molecule has 2 aromatic carbocycles. The largest absolute Gasteiger partial charge is 0.497 e. The molecular formula is C18H22N2O5. The third-order valence-electron chi connectivity index (χ3n) is 3.61. The van der Waals surface area contributed by atoms with E-state index in [0.29, 0.717) is 28.5 Å². The first kappa shape index (κ1) is 18.4. The lowest BCUT2D eigenvalue weighted by molar-refractivity contribution is 0.171. The number of anilines is 1. The average Bonchev–Trinajstić information content (AvgIpc) is 2.65. The third-order valence-corrected chi connectivity index (χ3v) is 3.61. The first-order chi connectivity index (χ1) is 12.1. The molecule has 0 radical (unpaired) electrons. The molecule has 0 heterocycles. The van der Waals surface area contributed by atoms with Gasteiger partial charge in [0.25, 0.3) is 0 Å². The Balaban J connectivity index is 1.99. The highest BCUT2D eigenvalue weighted by atomic mass is 16.5. The van der Waals surface area contributed by atoms with Crippen molar-refractivity contribution in [1.82, 2.24) is 5.32 Å². The van der Waals surface area contributed by atoms with E-state index in [0.717, 1.165) is 0 Å². The summed E-state index contributed by atoms with van der Waals surface area (Å²) < 4.78 is 15.5. The Morgan fingerprint density at radius 2 is 1.76 bits per heavy atom. The van der Waals surface area contributed by atoms with Gasteiger partial charge < -0.3 is 30.0 Å². The minimum atomic E-state index is -0.894. The van der Waals surface area contributed by atoms with E-state index in [1.54, 1.807) is 36.4 Å². The molecule has 7 heteroatoms. The number of hydrogen-bond donors (Lipinski definition) is 3. The van der Waals surface area contributed by atoms with Gasteiger partial charge in [-0.3, -0.25) is 0 Å². The van der Waals surface area contributed by atoms with Crippen LogP contribution in [0, 0.1) is 0 Å². The van der Waals surface area contributed by atoms with Crippen molar-refractivity contribution >= 4 is 11.7 Å². The Morgan fingerprint density at radius 3 is 2.44 bits per heavy atom. The predicted molar refractivity (Wildman–Crippen MR) is 94.5 cm³/mol. The molecule has 0 saturated carbocycles. The molecule has 3 N–H and O–H groups in total. The van der Waals surface area contributed by atoms with Crippen LogP contribution in [-0.2, 0) is 0 Å². The molecule has 2 rings (SSSR count). The van der Waals surface area contributed by atoms with E-state index >= 15 is 0 Å². The average molecular weight is 346 g/mol. The molecule has 2 amide bonds. The number of methoxy groups -OCH3 is 3. The van der Waals surface area contributed by atoms with Crippen molar-refractivity contribution in [2.24, 2.45) is 0 Å². The molecule has 7 nitrogen and oxygen atoms in total. The second kappa shape index (κ2) is 8.79. The lowest BCUT2D eigenvalue weighted by Gasteiger charge is -2.16. The van der Waals surface area contributed by atoms with Crippen molar-refractivity contribution in [3.63, 3.8) is 0 Å². The Labute approximate surface area is 146 Å². The van der Waals surface area contributed by atoms with E-state index in [2.05, 4.69) is 10.6 Å². The van der Waals surface area contributed by atoms with Crippen LogP contribution in [0.25, 0.3) is 0 Å². The maximum Gasteiger partial charge on any atom is 0.319 e. The smallest absolute Gasteiger partial charge is 0.319 e. The standard InChI is InChI=1S/C18H22N2O5/c1-23-12-8-9-17(25-3)14(10-12)20-18(22)19-11-15(21)13-6-4-5-7-16(13)24-2/h4-10,15,21H,11H2,1-3H3,(H2,19,20,22)/t15-/m1/s1. The van der Waals surface area contributed by atoms with Crippen LogP contribution in [0.2, 0.25) is 0 Å². The monoisotopic (exact) mass is 346 g/mol. The van der Waals surface area contributed by atoms with Crippen molar-refractivity contribution in [3.05, 3.63) is 48.0 Å². The number of para-hydroxylation sites is 1. The Kier molecular flexibility index (Phi) is 6.47. The van der Waals surface area contributed by atoms with Crippen molar-refractivity contribution in [2.45, 2.75) is 6.10 Å². The highest BCUT2D eigenvalue weighted by Gasteiger charge is 2.15. The van der Waals surface area contributed by atoms with Crippen molar-refractivity contribution in [3.8, 4) is 17.2 Å². The fraction of sp³-hybridized carbons (Fsp3) is 0.278. The minimum absolute atomic E-state index is 0.0263. The molecule has 0 bridgehead atoms. The summed E-state index contributed by atoms with van der Waals surface area (Å²) in [6.07, 6.45) is -0.894. The number of rotatable bonds is 7. The molecule has 134 valence electrons.